The molecule has 0 aliphatic heterocycles. The number of pyridine rings is 1. The van der Waals surface area contributed by atoms with Crippen LogP contribution in [-0.4, -0.2) is 16.0 Å². The van der Waals surface area contributed by atoms with E-state index in [0.717, 1.165) is 17.2 Å². The highest BCUT2D eigenvalue weighted by Gasteiger charge is 2.26. The summed E-state index contributed by atoms with van der Waals surface area (Å²) in [5.41, 5.74) is 2.11. The zero-order valence-electron chi connectivity index (χ0n) is 12.6. The number of nitrogens with zero attached hydrogens (tertiary/aromatic N) is 2. The van der Waals surface area contributed by atoms with Gasteiger partial charge in [-0.05, 0) is 25.0 Å². The highest BCUT2D eigenvalue weighted by atomic mass is 35.5. The second-order valence-corrected chi connectivity index (χ2v) is 8.08. The molecule has 0 atom stereocenters. The normalized spacial score (nSPS) is 15.4. The summed E-state index contributed by atoms with van der Waals surface area (Å²) in [5.74, 6) is 0. The quantitative estimate of drug-likeness (QED) is 0.906. The average molecular weight is 322 g/mol. The number of aromatic nitrogens is 2. The largest absolute Gasteiger partial charge is 0.309 e. The number of hydrogen-bond acceptors (Lipinski definition) is 4. The van der Waals surface area contributed by atoms with Gasteiger partial charge in [-0.1, -0.05) is 32.4 Å². The van der Waals surface area contributed by atoms with Crippen molar-refractivity contribution < 1.29 is 0 Å². The molecule has 0 saturated heterocycles. The zero-order valence-corrected chi connectivity index (χ0v) is 14.2. The Balaban J connectivity index is 1.91. The first-order valence-corrected chi connectivity index (χ1v) is 8.48. The maximum atomic E-state index is 5.91. The van der Waals surface area contributed by atoms with Gasteiger partial charge in [0.1, 0.15) is 5.01 Å². The Hall–Kier alpha value is -0.970. The van der Waals surface area contributed by atoms with Crippen LogP contribution >= 0.6 is 22.9 Å². The molecule has 3 nitrogen and oxygen atoms in total. The van der Waals surface area contributed by atoms with Crippen LogP contribution in [0.1, 0.15) is 44.2 Å². The van der Waals surface area contributed by atoms with E-state index >= 15 is 0 Å². The Bertz CT molecular complexity index is 624. The van der Waals surface area contributed by atoms with E-state index in [1.165, 1.54) is 23.4 Å². The van der Waals surface area contributed by atoms with Gasteiger partial charge in [-0.15, -0.1) is 11.3 Å². The topological polar surface area (TPSA) is 37.8 Å². The molecule has 1 aliphatic carbocycles. The number of halogens is 1. The fraction of sp³-hybridized carbons (Fsp3) is 0.500. The molecule has 3 rings (SSSR count). The molecular formula is C16H20ClN3S. The van der Waals surface area contributed by atoms with Crippen molar-refractivity contribution in [3.63, 3.8) is 0 Å². The predicted molar refractivity (Wildman–Crippen MR) is 88.9 cm³/mol. The van der Waals surface area contributed by atoms with Gasteiger partial charge >= 0.3 is 0 Å². The molecule has 2 heterocycles. The smallest absolute Gasteiger partial charge is 0.142 e. The third-order valence-electron chi connectivity index (χ3n) is 3.48. The predicted octanol–water partition coefficient (Wildman–Crippen LogP) is 4.41. The second kappa shape index (κ2) is 5.67. The van der Waals surface area contributed by atoms with Crippen LogP contribution in [0.3, 0.4) is 0 Å². The van der Waals surface area contributed by atoms with Crippen molar-refractivity contribution in [3.8, 4) is 10.7 Å². The molecule has 0 aromatic carbocycles. The standard InChI is InChI=1S/C16H20ClN3S/c1-16(2,3)14-13(9-18-11-5-6-11)21-15(20-14)12-7-4-10(17)8-19-12/h4,7-8,11,18H,5-6,9H2,1-3H3. The molecule has 1 N–H and O–H groups in total. The Morgan fingerprint density at radius 2 is 2.10 bits per heavy atom. The van der Waals surface area contributed by atoms with E-state index in [1.54, 1.807) is 17.5 Å². The van der Waals surface area contributed by atoms with Gasteiger partial charge in [0, 0.05) is 29.1 Å². The molecule has 5 heteroatoms. The zero-order chi connectivity index (χ0) is 15.0. The third-order valence-corrected chi connectivity index (χ3v) is 4.78. The Labute approximate surface area is 134 Å². The van der Waals surface area contributed by atoms with Crippen molar-refractivity contribution in [1.29, 1.82) is 0 Å². The number of hydrogen-bond donors (Lipinski definition) is 1. The van der Waals surface area contributed by atoms with Crippen molar-refractivity contribution >= 4 is 22.9 Å². The lowest BCUT2D eigenvalue weighted by atomic mass is 9.91. The van der Waals surface area contributed by atoms with Gasteiger partial charge in [-0.25, -0.2) is 4.98 Å². The molecule has 1 fully saturated rings. The van der Waals surface area contributed by atoms with E-state index < -0.39 is 0 Å². The minimum atomic E-state index is 0.0434. The maximum Gasteiger partial charge on any atom is 0.142 e. The van der Waals surface area contributed by atoms with Crippen LogP contribution in [0.25, 0.3) is 10.7 Å². The van der Waals surface area contributed by atoms with Crippen LogP contribution in [0.4, 0.5) is 0 Å². The van der Waals surface area contributed by atoms with Crippen LogP contribution < -0.4 is 5.32 Å². The SMILES string of the molecule is CC(C)(C)c1nc(-c2ccc(Cl)cn2)sc1CNC1CC1. The van der Waals surface area contributed by atoms with Crippen LogP contribution in [0, 0.1) is 0 Å². The third kappa shape index (κ3) is 3.62. The molecule has 21 heavy (non-hydrogen) atoms. The molecule has 2 aromatic rings. The lowest BCUT2D eigenvalue weighted by Crippen LogP contribution is -2.19. The highest BCUT2D eigenvalue weighted by molar-refractivity contribution is 7.15. The van der Waals surface area contributed by atoms with Crippen LogP contribution in [0.5, 0.6) is 0 Å². The first kappa shape index (κ1) is 14.9. The van der Waals surface area contributed by atoms with Crippen LogP contribution in [0.15, 0.2) is 18.3 Å². The van der Waals surface area contributed by atoms with E-state index in [0.29, 0.717) is 11.1 Å². The molecule has 1 aliphatic rings. The molecule has 112 valence electrons. The molecule has 1 saturated carbocycles. The molecule has 0 bridgehead atoms. The van der Waals surface area contributed by atoms with Gasteiger partial charge in [-0.2, -0.15) is 0 Å². The Morgan fingerprint density at radius 3 is 2.67 bits per heavy atom. The monoisotopic (exact) mass is 321 g/mol. The average Bonchev–Trinajstić information content (AvgIpc) is 3.14. The van der Waals surface area contributed by atoms with Gasteiger partial charge in [0.05, 0.1) is 16.4 Å². The van der Waals surface area contributed by atoms with Crippen LogP contribution in [-0.2, 0) is 12.0 Å². The van der Waals surface area contributed by atoms with E-state index in [9.17, 15) is 0 Å². The molecule has 0 amide bonds. The fourth-order valence-electron chi connectivity index (χ4n) is 2.19. The van der Waals surface area contributed by atoms with Gasteiger partial charge in [0.2, 0.25) is 0 Å². The minimum absolute atomic E-state index is 0.0434. The van der Waals surface area contributed by atoms with Crippen molar-refractivity contribution in [2.75, 3.05) is 0 Å². The Morgan fingerprint density at radius 1 is 1.33 bits per heavy atom. The van der Waals surface area contributed by atoms with Gasteiger partial charge in [0.15, 0.2) is 0 Å². The fourth-order valence-corrected chi connectivity index (χ4v) is 3.51. The summed E-state index contributed by atoms with van der Waals surface area (Å²) >= 11 is 7.65. The summed E-state index contributed by atoms with van der Waals surface area (Å²) in [6.45, 7) is 7.54. The van der Waals surface area contributed by atoms with Crippen molar-refractivity contribution in [1.82, 2.24) is 15.3 Å². The first-order valence-electron chi connectivity index (χ1n) is 7.29. The van der Waals surface area contributed by atoms with Gasteiger partial charge in [0.25, 0.3) is 0 Å². The number of nitrogens with one attached hydrogen (secondary N) is 1. The highest BCUT2D eigenvalue weighted by Crippen LogP contribution is 2.34. The van der Waals surface area contributed by atoms with Crippen LogP contribution in [0.2, 0.25) is 5.02 Å². The van der Waals surface area contributed by atoms with E-state index in [4.69, 9.17) is 16.6 Å². The molecule has 2 aromatic heterocycles. The number of rotatable bonds is 4. The van der Waals surface area contributed by atoms with Gasteiger partial charge in [-0.3, -0.25) is 4.98 Å². The number of thiazole rings is 1. The summed E-state index contributed by atoms with van der Waals surface area (Å²) in [7, 11) is 0. The van der Waals surface area contributed by atoms with Crippen molar-refractivity contribution in [3.05, 3.63) is 33.9 Å². The lowest BCUT2D eigenvalue weighted by molar-refractivity contribution is 0.559. The lowest BCUT2D eigenvalue weighted by Gasteiger charge is -2.17. The summed E-state index contributed by atoms with van der Waals surface area (Å²) in [4.78, 5) is 10.6. The molecule has 0 radical (unpaired) electrons. The van der Waals surface area contributed by atoms with E-state index in [2.05, 4.69) is 31.1 Å². The van der Waals surface area contributed by atoms with Crippen molar-refractivity contribution in [2.24, 2.45) is 0 Å². The molecular weight excluding hydrogens is 302 g/mol. The summed E-state index contributed by atoms with van der Waals surface area (Å²) in [5, 5.41) is 5.22. The summed E-state index contributed by atoms with van der Waals surface area (Å²) in [6.07, 6.45) is 4.28. The van der Waals surface area contributed by atoms with E-state index in [-0.39, 0.29) is 5.41 Å². The minimum Gasteiger partial charge on any atom is -0.309 e. The molecule has 0 unspecified atom stereocenters. The molecule has 0 spiro atoms. The summed E-state index contributed by atoms with van der Waals surface area (Å²) < 4.78 is 0. The summed E-state index contributed by atoms with van der Waals surface area (Å²) in [6, 6.07) is 4.51. The first-order chi connectivity index (χ1) is 9.93. The van der Waals surface area contributed by atoms with Gasteiger partial charge < -0.3 is 5.32 Å². The second-order valence-electron chi connectivity index (χ2n) is 6.56. The Kier molecular flexibility index (Phi) is 4.04. The van der Waals surface area contributed by atoms with Crippen molar-refractivity contribution in [2.45, 2.75) is 51.6 Å². The maximum absolute atomic E-state index is 5.91. The van der Waals surface area contributed by atoms with E-state index in [1.807, 2.05) is 12.1 Å².